The number of aliphatic hydroxyl groups is 1. The van der Waals surface area contributed by atoms with Gasteiger partial charge in [0.1, 0.15) is 5.60 Å². The first-order valence-corrected chi connectivity index (χ1v) is 11.2. The van der Waals surface area contributed by atoms with Crippen LogP contribution in [0.4, 0.5) is 4.79 Å². The average Bonchev–Trinajstić information content (AvgIpc) is 2.53. The van der Waals surface area contributed by atoms with Crippen LogP contribution in [0.5, 0.6) is 0 Å². The van der Waals surface area contributed by atoms with E-state index in [1.54, 1.807) is 47.3 Å². The van der Waals surface area contributed by atoms with Crippen LogP contribution in [-0.4, -0.2) is 53.1 Å². The Morgan fingerprint density at radius 3 is 2.54 bits per heavy atom. The Bertz CT molecular complexity index is 465. The van der Waals surface area contributed by atoms with Crippen molar-refractivity contribution in [3.05, 3.63) is 10.6 Å². The molecule has 0 aliphatic rings. The lowest BCUT2D eigenvalue weighted by molar-refractivity contribution is -0.116. The van der Waals surface area contributed by atoms with Crippen molar-refractivity contribution in [2.24, 2.45) is 0 Å². The fraction of sp³-hybridized carbons (Fsp3) is 0.778. The Morgan fingerprint density at radius 2 is 2.04 bits per heavy atom. The molecule has 0 radical (unpaired) electrons. The number of rotatable bonds is 12. The number of allylic oxidation sites excluding steroid dienone is 1. The van der Waals surface area contributed by atoms with E-state index in [0.29, 0.717) is 24.8 Å². The topological polar surface area (TPSA) is 78.9 Å². The summed E-state index contributed by atoms with van der Waals surface area (Å²) in [6.45, 7) is 12.3. The summed E-state index contributed by atoms with van der Waals surface area (Å²) in [4.78, 5) is 25.7. The highest BCUT2D eigenvalue weighted by Gasteiger charge is 2.17. The minimum Gasteiger partial charge on any atom is -0.444 e. The SMILES string of the molecule is CCCC(C)SSC(CCO)=C(C)N(C=O)CCNC(=O)OC(C)(C)C. The predicted molar refractivity (Wildman–Crippen MR) is 111 cm³/mol. The van der Waals surface area contributed by atoms with E-state index in [4.69, 9.17) is 4.74 Å². The van der Waals surface area contributed by atoms with Gasteiger partial charge in [0.15, 0.2) is 0 Å². The van der Waals surface area contributed by atoms with Crippen molar-refractivity contribution in [3.63, 3.8) is 0 Å². The summed E-state index contributed by atoms with van der Waals surface area (Å²) in [5.74, 6) is 0. The van der Waals surface area contributed by atoms with Crippen molar-refractivity contribution in [2.75, 3.05) is 19.7 Å². The van der Waals surface area contributed by atoms with Crippen LogP contribution in [0.3, 0.4) is 0 Å². The summed E-state index contributed by atoms with van der Waals surface area (Å²) in [5.41, 5.74) is 0.253. The standard InChI is InChI=1S/C18H34N2O4S2/c1-7-8-14(2)25-26-16(9-12-21)15(3)20(13-22)11-10-19-17(23)24-18(4,5)6/h13-14,21H,7-12H2,1-6H3,(H,19,23). The zero-order valence-electron chi connectivity index (χ0n) is 16.8. The van der Waals surface area contributed by atoms with Gasteiger partial charge in [-0.2, -0.15) is 0 Å². The molecule has 0 aliphatic heterocycles. The van der Waals surface area contributed by atoms with Gasteiger partial charge in [0.2, 0.25) is 6.41 Å². The van der Waals surface area contributed by atoms with E-state index in [2.05, 4.69) is 19.2 Å². The molecule has 0 aliphatic carbocycles. The molecule has 2 N–H and O–H groups in total. The summed E-state index contributed by atoms with van der Waals surface area (Å²) in [6, 6.07) is 0. The number of hydrogen-bond acceptors (Lipinski definition) is 6. The van der Waals surface area contributed by atoms with Gasteiger partial charge in [0.05, 0.1) is 0 Å². The van der Waals surface area contributed by atoms with E-state index in [1.165, 1.54) is 0 Å². The quantitative estimate of drug-likeness (QED) is 0.374. The van der Waals surface area contributed by atoms with Gasteiger partial charge in [0, 0.05) is 42.0 Å². The van der Waals surface area contributed by atoms with Crippen LogP contribution in [0.25, 0.3) is 0 Å². The predicted octanol–water partition coefficient (Wildman–Crippen LogP) is 4.15. The summed E-state index contributed by atoms with van der Waals surface area (Å²) in [5, 5.41) is 12.5. The maximum atomic E-state index is 11.7. The van der Waals surface area contributed by atoms with E-state index < -0.39 is 11.7 Å². The number of amides is 2. The van der Waals surface area contributed by atoms with Gasteiger partial charge < -0.3 is 20.1 Å². The molecule has 2 amide bonds. The molecule has 0 spiro atoms. The third-order valence-corrected chi connectivity index (χ3v) is 6.57. The Morgan fingerprint density at radius 1 is 1.38 bits per heavy atom. The van der Waals surface area contributed by atoms with Crippen molar-refractivity contribution < 1.29 is 19.4 Å². The molecule has 0 saturated carbocycles. The molecule has 0 heterocycles. The van der Waals surface area contributed by atoms with Gasteiger partial charge in [-0.1, -0.05) is 41.9 Å². The number of nitrogens with one attached hydrogen (secondary N) is 1. The van der Waals surface area contributed by atoms with Crippen LogP contribution in [0.1, 0.15) is 60.8 Å². The zero-order valence-corrected chi connectivity index (χ0v) is 18.5. The second-order valence-electron chi connectivity index (χ2n) is 6.99. The number of hydrogen-bond donors (Lipinski definition) is 2. The highest BCUT2D eigenvalue weighted by molar-refractivity contribution is 8.78. The zero-order chi connectivity index (χ0) is 20.2. The normalized spacial score (nSPS) is 13.7. The summed E-state index contributed by atoms with van der Waals surface area (Å²) in [6.07, 6.45) is 3.01. The van der Waals surface area contributed by atoms with Crippen molar-refractivity contribution >= 4 is 34.1 Å². The second-order valence-corrected chi connectivity index (χ2v) is 9.72. The van der Waals surface area contributed by atoms with Gasteiger partial charge in [-0.3, -0.25) is 4.79 Å². The monoisotopic (exact) mass is 406 g/mol. The molecule has 0 aromatic rings. The van der Waals surface area contributed by atoms with Crippen LogP contribution in [0.2, 0.25) is 0 Å². The molecule has 0 rings (SSSR count). The third kappa shape index (κ3) is 11.7. The van der Waals surface area contributed by atoms with E-state index in [1.807, 2.05) is 6.92 Å². The molecule has 8 heteroatoms. The van der Waals surface area contributed by atoms with Gasteiger partial charge in [-0.05, 0) is 34.1 Å². The molecule has 1 unspecified atom stereocenters. The van der Waals surface area contributed by atoms with Crippen molar-refractivity contribution in [1.29, 1.82) is 0 Å². The third-order valence-electron chi connectivity index (χ3n) is 3.33. The molecule has 6 nitrogen and oxygen atoms in total. The van der Waals surface area contributed by atoms with E-state index in [9.17, 15) is 14.7 Å². The molecule has 0 bridgehead atoms. The summed E-state index contributed by atoms with van der Waals surface area (Å²) < 4.78 is 5.18. The molecule has 0 saturated heterocycles. The number of nitrogens with zero attached hydrogens (tertiary/aromatic N) is 1. The average molecular weight is 407 g/mol. The van der Waals surface area contributed by atoms with Crippen LogP contribution in [-0.2, 0) is 9.53 Å². The first-order valence-electron chi connectivity index (χ1n) is 8.97. The van der Waals surface area contributed by atoms with Crippen LogP contribution in [0, 0.1) is 0 Å². The second kappa shape index (κ2) is 13.3. The lowest BCUT2D eigenvalue weighted by atomic mass is 10.2. The molecule has 0 aromatic heterocycles. The highest BCUT2D eigenvalue weighted by atomic mass is 33.1. The van der Waals surface area contributed by atoms with Gasteiger partial charge in [-0.25, -0.2) is 4.79 Å². The smallest absolute Gasteiger partial charge is 0.407 e. The highest BCUT2D eigenvalue weighted by Crippen LogP contribution is 2.38. The van der Waals surface area contributed by atoms with Gasteiger partial charge in [-0.15, -0.1) is 0 Å². The lowest BCUT2D eigenvalue weighted by Crippen LogP contribution is -2.37. The van der Waals surface area contributed by atoms with Crippen LogP contribution in [0.15, 0.2) is 10.6 Å². The first kappa shape index (κ1) is 25.1. The molecule has 26 heavy (non-hydrogen) atoms. The minimum absolute atomic E-state index is 0.0330. The Kier molecular flexibility index (Phi) is 12.9. The molecular formula is C18H34N2O4S2. The molecule has 152 valence electrons. The van der Waals surface area contributed by atoms with E-state index in [0.717, 1.165) is 29.9 Å². The number of ether oxygens (including phenoxy) is 1. The Balaban J connectivity index is 4.74. The number of carbonyl (C=O) groups excluding carboxylic acids is 2. The van der Waals surface area contributed by atoms with Crippen molar-refractivity contribution in [1.82, 2.24) is 10.2 Å². The van der Waals surface area contributed by atoms with E-state index >= 15 is 0 Å². The fourth-order valence-corrected chi connectivity index (χ4v) is 4.80. The van der Waals surface area contributed by atoms with Crippen molar-refractivity contribution in [2.45, 2.75) is 71.7 Å². The Hall–Kier alpha value is -0.860. The van der Waals surface area contributed by atoms with Gasteiger partial charge >= 0.3 is 6.09 Å². The van der Waals surface area contributed by atoms with Gasteiger partial charge in [0.25, 0.3) is 0 Å². The summed E-state index contributed by atoms with van der Waals surface area (Å²) in [7, 11) is 3.37. The minimum atomic E-state index is -0.554. The molecule has 0 aromatic carbocycles. The maximum absolute atomic E-state index is 11.7. The Labute approximate surface area is 165 Å². The summed E-state index contributed by atoms with van der Waals surface area (Å²) >= 11 is 0. The molecule has 0 fully saturated rings. The number of carbonyl (C=O) groups is 2. The van der Waals surface area contributed by atoms with Crippen molar-refractivity contribution in [3.8, 4) is 0 Å². The largest absolute Gasteiger partial charge is 0.444 e. The lowest BCUT2D eigenvalue weighted by Gasteiger charge is -2.23. The number of alkyl carbamates (subject to hydrolysis) is 1. The molecule has 1 atom stereocenters. The molecular weight excluding hydrogens is 372 g/mol. The van der Waals surface area contributed by atoms with E-state index in [-0.39, 0.29) is 6.61 Å². The first-order chi connectivity index (χ1) is 12.1. The fourth-order valence-electron chi connectivity index (χ4n) is 2.03. The maximum Gasteiger partial charge on any atom is 0.407 e. The van der Waals surface area contributed by atoms with Crippen LogP contribution >= 0.6 is 21.6 Å². The van der Waals surface area contributed by atoms with Crippen LogP contribution < -0.4 is 5.32 Å². The number of aliphatic hydroxyl groups excluding tert-OH is 1.